The molecule has 1 N–H and O–H groups in total. The smallest absolute Gasteiger partial charge is 0.256 e. The summed E-state index contributed by atoms with van der Waals surface area (Å²) < 4.78 is 10.3. The van der Waals surface area contributed by atoms with E-state index in [0.717, 1.165) is 27.0 Å². The Bertz CT molecular complexity index is 991. The van der Waals surface area contributed by atoms with Crippen LogP contribution in [0.4, 0.5) is 11.5 Å². The van der Waals surface area contributed by atoms with Crippen molar-refractivity contribution in [1.82, 2.24) is 20.4 Å². The molecule has 0 radical (unpaired) electrons. The molecule has 0 unspecified atom stereocenters. The Morgan fingerprint density at radius 2 is 2.19 bits per heavy atom. The summed E-state index contributed by atoms with van der Waals surface area (Å²) in [4.78, 5) is 24.1. The van der Waals surface area contributed by atoms with E-state index in [2.05, 4.69) is 20.4 Å². The number of carbonyl (C=O) groups is 1. The summed E-state index contributed by atoms with van der Waals surface area (Å²) in [6, 6.07) is 6.03. The van der Waals surface area contributed by atoms with E-state index in [4.69, 9.17) is 9.26 Å². The number of methoxy groups -OCH3 is 1. The molecule has 0 bridgehead atoms. The van der Waals surface area contributed by atoms with E-state index in [9.17, 15) is 4.79 Å². The van der Waals surface area contributed by atoms with E-state index in [-0.39, 0.29) is 5.91 Å². The highest BCUT2D eigenvalue weighted by Gasteiger charge is 2.25. The molecule has 138 valence electrons. The molecule has 4 rings (SSSR count). The van der Waals surface area contributed by atoms with Crippen molar-refractivity contribution in [2.24, 2.45) is 0 Å². The van der Waals surface area contributed by atoms with E-state index >= 15 is 0 Å². The van der Waals surface area contributed by atoms with Crippen LogP contribution >= 0.6 is 11.8 Å². The minimum absolute atomic E-state index is 0.217. The first-order valence-electron chi connectivity index (χ1n) is 8.25. The number of nitrogens with zero attached hydrogens (tertiary/aromatic N) is 4. The van der Waals surface area contributed by atoms with Gasteiger partial charge in [-0.15, -0.1) is 0 Å². The van der Waals surface area contributed by atoms with E-state index in [1.165, 1.54) is 6.20 Å². The molecule has 0 saturated heterocycles. The first-order valence-corrected chi connectivity index (χ1v) is 9.06. The fraction of sp³-hybridized carbons (Fsp3) is 0.222. The Hall–Kier alpha value is -2.91. The number of anilines is 2. The lowest BCUT2D eigenvalue weighted by Crippen LogP contribution is -2.26. The van der Waals surface area contributed by atoms with Crippen LogP contribution in [0.1, 0.15) is 21.7 Å². The number of hydrogen-bond donors (Lipinski definition) is 1. The summed E-state index contributed by atoms with van der Waals surface area (Å²) in [5.41, 5.74) is 2.38. The van der Waals surface area contributed by atoms with E-state index in [1.807, 2.05) is 23.1 Å². The van der Waals surface area contributed by atoms with Gasteiger partial charge < -0.3 is 14.6 Å². The largest absolute Gasteiger partial charge is 0.364 e. The standard InChI is InChI=1S/C18H17N5O3S/c1-11-13(9-22-26-11)17(24)21-8-12-3-4-15-14(7-12)23(10-25-2)16-18(27-15)20-6-5-19-16/h3-7,9H,8,10H2,1-2H3,(H,21,24). The second kappa shape index (κ2) is 7.37. The molecule has 8 nitrogen and oxygen atoms in total. The third-order valence-electron chi connectivity index (χ3n) is 4.13. The van der Waals surface area contributed by atoms with Crippen LogP contribution in [0, 0.1) is 6.92 Å². The zero-order valence-electron chi connectivity index (χ0n) is 14.8. The maximum atomic E-state index is 12.3. The van der Waals surface area contributed by atoms with Crippen molar-refractivity contribution in [3.05, 3.63) is 53.7 Å². The third-order valence-corrected chi connectivity index (χ3v) is 5.18. The van der Waals surface area contributed by atoms with Gasteiger partial charge in [-0.25, -0.2) is 9.97 Å². The van der Waals surface area contributed by atoms with E-state index in [1.54, 1.807) is 38.2 Å². The van der Waals surface area contributed by atoms with Gasteiger partial charge in [-0.1, -0.05) is 23.0 Å². The molecular weight excluding hydrogens is 366 g/mol. The van der Waals surface area contributed by atoms with Crippen molar-refractivity contribution in [3.63, 3.8) is 0 Å². The minimum Gasteiger partial charge on any atom is -0.364 e. The highest BCUT2D eigenvalue weighted by molar-refractivity contribution is 7.99. The molecule has 0 saturated carbocycles. The Morgan fingerprint density at radius 1 is 1.33 bits per heavy atom. The van der Waals surface area contributed by atoms with Gasteiger partial charge in [0.1, 0.15) is 23.1 Å². The highest BCUT2D eigenvalue weighted by Crippen LogP contribution is 2.46. The molecule has 1 aliphatic rings. The average molecular weight is 383 g/mol. The summed E-state index contributed by atoms with van der Waals surface area (Å²) in [6.45, 7) is 2.45. The summed E-state index contributed by atoms with van der Waals surface area (Å²) in [5.74, 6) is 1.04. The lowest BCUT2D eigenvalue weighted by atomic mass is 10.1. The summed E-state index contributed by atoms with van der Waals surface area (Å²) in [5, 5.41) is 7.37. The van der Waals surface area contributed by atoms with Crippen LogP contribution in [-0.2, 0) is 11.3 Å². The lowest BCUT2D eigenvalue weighted by molar-refractivity contribution is 0.0949. The quantitative estimate of drug-likeness (QED) is 0.719. The van der Waals surface area contributed by atoms with Crippen LogP contribution in [0.5, 0.6) is 0 Å². The molecule has 0 fully saturated rings. The lowest BCUT2D eigenvalue weighted by Gasteiger charge is -2.30. The molecule has 0 aliphatic carbocycles. The predicted octanol–water partition coefficient (Wildman–Crippen LogP) is 2.91. The predicted molar refractivity (Wildman–Crippen MR) is 99.0 cm³/mol. The first-order chi connectivity index (χ1) is 13.2. The molecular formula is C18H17N5O3S. The molecule has 1 aliphatic heterocycles. The minimum atomic E-state index is -0.217. The topological polar surface area (TPSA) is 93.4 Å². The van der Waals surface area contributed by atoms with Crippen molar-refractivity contribution >= 4 is 29.2 Å². The summed E-state index contributed by atoms with van der Waals surface area (Å²) in [6.07, 6.45) is 4.76. The van der Waals surface area contributed by atoms with Gasteiger partial charge in [0, 0.05) is 30.9 Å². The fourth-order valence-corrected chi connectivity index (χ4v) is 3.80. The fourth-order valence-electron chi connectivity index (χ4n) is 2.82. The van der Waals surface area contributed by atoms with Crippen LogP contribution in [0.15, 0.2) is 51.2 Å². The van der Waals surface area contributed by atoms with Crippen LogP contribution in [0.25, 0.3) is 0 Å². The number of benzene rings is 1. The van der Waals surface area contributed by atoms with Crippen LogP contribution < -0.4 is 10.2 Å². The van der Waals surface area contributed by atoms with Gasteiger partial charge >= 0.3 is 0 Å². The maximum Gasteiger partial charge on any atom is 0.256 e. The molecule has 2 aromatic heterocycles. The number of amides is 1. The van der Waals surface area contributed by atoms with Crippen molar-refractivity contribution in [3.8, 4) is 0 Å². The second-order valence-electron chi connectivity index (χ2n) is 5.91. The third kappa shape index (κ3) is 3.38. The van der Waals surface area contributed by atoms with Gasteiger partial charge in [0.05, 0.1) is 11.9 Å². The monoisotopic (exact) mass is 383 g/mol. The number of aromatic nitrogens is 3. The van der Waals surface area contributed by atoms with Gasteiger partial charge in [0.15, 0.2) is 5.82 Å². The number of nitrogens with one attached hydrogen (secondary N) is 1. The van der Waals surface area contributed by atoms with Crippen molar-refractivity contribution < 1.29 is 14.1 Å². The molecule has 0 spiro atoms. The maximum absolute atomic E-state index is 12.3. The zero-order valence-corrected chi connectivity index (χ0v) is 15.6. The highest BCUT2D eigenvalue weighted by atomic mass is 32.2. The van der Waals surface area contributed by atoms with Crippen LogP contribution in [0.2, 0.25) is 0 Å². The molecule has 3 aromatic rings. The van der Waals surface area contributed by atoms with E-state index in [0.29, 0.717) is 24.6 Å². The summed E-state index contributed by atoms with van der Waals surface area (Å²) in [7, 11) is 1.64. The van der Waals surface area contributed by atoms with Gasteiger partial charge in [-0.05, 0) is 24.6 Å². The van der Waals surface area contributed by atoms with Crippen molar-refractivity contribution in [2.45, 2.75) is 23.4 Å². The van der Waals surface area contributed by atoms with Gasteiger partial charge in [0.25, 0.3) is 5.91 Å². The number of ether oxygens (including phenoxy) is 1. The SMILES string of the molecule is COCN1c2cc(CNC(=O)c3cnoc3C)ccc2Sc2nccnc21. The van der Waals surface area contributed by atoms with E-state index < -0.39 is 0 Å². The number of aryl methyl sites for hydroxylation is 1. The Balaban J connectivity index is 1.57. The van der Waals surface area contributed by atoms with Crippen LogP contribution in [-0.4, -0.2) is 34.9 Å². The zero-order chi connectivity index (χ0) is 18.8. The average Bonchev–Trinajstić information content (AvgIpc) is 3.12. The first kappa shape index (κ1) is 17.5. The van der Waals surface area contributed by atoms with Crippen LogP contribution in [0.3, 0.4) is 0 Å². The second-order valence-corrected chi connectivity index (χ2v) is 6.94. The summed E-state index contributed by atoms with van der Waals surface area (Å²) >= 11 is 1.57. The van der Waals surface area contributed by atoms with Crippen molar-refractivity contribution in [1.29, 1.82) is 0 Å². The molecule has 27 heavy (non-hydrogen) atoms. The molecule has 1 aromatic carbocycles. The van der Waals surface area contributed by atoms with Gasteiger partial charge in [-0.2, -0.15) is 0 Å². The number of fused-ring (bicyclic) bond motifs is 2. The van der Waals surface area contributed by atoms with Crippen molar-refractivity contribution in [2.75, 3.05) is 18.7 Å². The normalized spacial score (nSPS) is 12.4. The van der Waals surface area contributed by atoms with Gasteiger partial charge in [0.2, 0.25) is 0 Å². The van der Waals surface area contributed by atoms with Gasteiger partial charge in [-0.3, -0.25) is 9.69 Å². The molecule has 1 amide bonds. The number of carbonyl (C=O) groups excluding carboxylic acids is 1. The Kier molecular flexibility index (Phi) is 4.78. The molecule has 3 heterocycles. The Morgan fingerprint density at radius 3 is 2.96 bits per heavy atom. The molecule has 0 atom stereocenters. The molecule has 9 heteroatoms. The number of rotatable bonds is 5. The Labute approximate surface area is 159 Å². The number of hydrogen-bond acceptors (Lipinski definition) is 8.